The van der Waals surface area contributed by atoms with Crippen LogP contribution in [0.4, 0.5) is 5.69 Å². The van der Waals surface area contributed by atoms with Gasteiger partial charge in [0.1, 0.15) is 0 Å². The fourth-order valence-electron chi connectivity index (χ4n) is 2.35. The lowest BCUT2D eigenvalue weighted by atomic mass is 10.1. The molecule has 0 spiro atoms. The van der Waals surface area contributed by atoms with Gasteiger partial charge in [-0.1, -0.05) is 17.7 Å². The Morgan fingerprint density at radius 3 is 2.60 bits per heavy atom. The van der Waals surface area contributed by atoms with Crippen LogP contribution in [0.5, 0.6) is 5.88 Å². The molecule has 0 bridgehead atoms. The zero-order chi connectivity index (χ0) is 17.8. The van der Waals surface area contributed by atoms with Gasteiger partial charge in [0.2, 0.25) is 5.88 Å². The number of nitrogens with one attached hydrogen (secondary N) is 1. The monoisotopic (exact) mass is 371 g/mol. The van der Waals surface area contributed by atoms with Gasteiger partial charge in [0, 0.05) is 23.7 Å². The Morgan fingerprint density at radius 2 is 1.88 bits per heavy atom. The molecule has 0 aliphatic rings. The van der Waals surface area contributed by atoms with Crippen LogP contribution in [-0.2, 0) is 0 Å². The lowest BCUT2D eigenvalue weighted by Crippen LogP contribution is -1.95. The molecular weight excluding hydrogens is 354 g/mol. The van der Waals surface area contributed by atoms with E-state index in [0.717, 1.165) is 33.0 Å². The normalized spacial score (nSPS) is 10.6. The second-order valence-corrected chi connectivity index (χ2v) is 6.86. The first kappa shape index (κ1) is 17.6. The van der Waals surface area contributed by atoms with Crippen molar-refractivity contribution in [2.75, 3.05) is 11.8 Å². The van der Waals surface area contributed by atoms with Crippen molar-refractivity contribution in [1.82, 2.24) is 9.97 Å². The minimum Gasteiger partial charge on any atom is -0.480 e. The standard InChI is InChI=1S/C19H18ClN3OS/c1-12-4-5-17(16(20)8-12)23-25-18-10-15(11-22-19(18)24-3)14-6-7-21-13(2)9-14/h4-11,23H,1-3H3. The van der Waals surface area contributed by atoms with Crippen LogP contribution in [0.2, 0.25) is 5.02 Å². The molecule has 0 amide bonds. The van der Waals surface area contributed by atoms with E-state index in [1.165, 1.54) is 11.9 Å². The molecule has 0 fully saturated rings. The number of aromatic nitrogens is 2. The lowest BCUT2D eigenvalue weighted by Gasteiger charge is -2.12. The maximum Gasteiger partial charge on any atom is 0.228 e. The first-order valence-electron chi connectivity index (χ1n) is 7.73. The minimum atomic E-state index is 0.565. The Kier molecular flexibility index (Phi) is 5.46. The molecule has 0 unspecified atom stereocenters. The molecular formula is C19H18ClN3OS. The summed E-state index contributed by atoms with van der Waals surface area (Å²) in [6.07, 6.45) is 3.60. The van der Waals surface area contributed by atoms with Crippen molar-refractivity contribution in [3.63, 3.8) is 0 Å². The van der Waals surface area contributed by atoms with Crippen LogP contribution in [0, 0.1) is 13.8 Å². The summed E-state index contributed by atoms with van der Waals surface area (Å²) in [5.74, 6) is 0.565. The molecule has 1 N–H and O–H groups in total. The van der Waals surface area contributed by atoms with Gasteiger partial charge >= 0.3 is 0 Å². The van der Waals surface area contributed by atoms with E-state index in [2.05, 4.69) is 14.7 Å². The molecule has 0 saturated carbocycles. The Labute approximate surface area is 156 Å². The number of methoxy groups -OCH3 is 1. The van der Waals surface area contributed by atoms with Crippen LogP contribution in [0.15, 0.2) is 53.7 Å². The molecule has 25 heavy (non-hydrogen) atoms. The highest BCUT2D eigenvalue weighted by atomic mass is 35.5. The Hall–Kier alpha value is -2.24. The van der Waals surface area contributed by atoms with Crippen molar-refractivity contribution in [2.45, 2.75) is 18.7 Å². The second-order valence-electron chi connectivity index (χ2n) is 5.60. The molecule has 2 heterocycles. The number of hydrogen-bond donors (Lipinski definition) is 1. The fourth-order valence-corrected chi connectivity index (χ4v) is 3.50. The van der Waals surface area contributed by atoms with Crippen LogP contribution < -0.4 is 9.46 Å². The number of benzene rings is 1. The number of halogens is 1. The highest BCUT2D eigenvalue weighted by Gasteiger charge is 2.10. The zero-order valence-corrected chi connectivity index (χ0v) is 15.8. The van der Waals surface area contributed by atoms with E-state index < -0.39 is 0 Å². The minimum absolute atomic E-state index is 0.565. The van der Waals surface area contributed by atoms with Gasteiger partial charge in [-0.05, 0) is 67.3 Å². The summed E-state index contributed by atoms with van der Waals surface area (Å²) < 4.78 is 8.65. The topological polar surface area (TPSA) is 47.0 Å². The van der Waals surface area contributed by atoms with E-state index in [9.17, 15) is 0 Å². The third-order valence-electron chi connectivity index (χ3n) is 3.64. The van der Waals surface area contributed by atoms with Crippen LogP contribution in [-0.4, -0.2) is 17.1 Å². The van der Waals surface area contributed by atoms with Crippen molar-refractivity contribution >= 4 is 29.2 Å². The number of nitrogens with zero attached hydrogens (tertiary/aromatic N) is 2. The van der Waals surface area contributed by atoms with Crippen molar-refractivity contribution in [3.8, 4) is 17.0 Å². The molecule has 6 heteroatoms. The van der Waals surface area contributed by atoms with Gasteiger partial charge in [0.05, 0.1) is 22.7 Å². The molecule has 4 nitrogen and oxygen atoms in total. The number of pyridine rings is 2. The lowest BCUT2D eigenvalue weighted by molar-refractivity contribution is 0.387. The molecule has 0 radical (unpaired) electrons. The predicted molar refractivity (Wildman–Crippen MR) is 104 cm³/mol. The molecule has 3 rings (SSSR count). The summed E-state index contributed by atoms with van der Waals surface area (Å²) in [6, 6.07) is 11.9. The number of hydrogen-bond acceptors (Lipinski definition) is 5. The van der Waals surface area contributed by atoms with Crippen molar-refractivity contribution in [3.05, 3.63) is 65.1 Å². The van der Waals surface area contributed by atoms with Crippen LogP contribution in [0.1, 0.15) is 11.3 Å². The summed E-state index contributed by atoms with van der Waals surface area (Å²) in [6.45, 7) is 3.98. The molecule has 128 valence electrons. The third kappa shape index (κ3) is 4.24. The first-order chi connectivity index (χ1) is 12.1. The molecule has 0 aliphatic carbocycles. The summed E-state index contributed by atoms with van der Waals surface area (Å²) in [5, 5.41) is 0.681. The van der Waals surface area contributed by atoms with E-state index in [1.807, 2.05) is 50.2 Å². The highest BCUT2D eigenvalue weighted by Crippen LogP contribution is 2.34. The van der Waals surface area contributed by atoms with E-state index in [1.54, 1.807) is 19.5 Å². The molecule has 0 saturated heterocycles. The maximum absolute atomic E-state index is 6.28. The number of rotatable bonds is 5. The molecule has 2 aromatic heterocycles. The molecule has 0 atom stereocenters. The second kappa shape index (κ2) is 7.76. The van der Waals surface area contributed by atoms with Crippen LogP contribution in [0.3, 0.4) is 0 Å². The Balaban J connectivity index is 1.87. The first-order valence-corrected chi connectivity index (χ1v) is 8.92. The average molecular weight is 372 g/mol. The number of anilines is 1. The van der Waals surface area contributed by atoms with Gasteiger partial charge in [0.25, 0.3) is 0 Å². The van der Waals surface area contributed by atoms with E-state index in [4.69, 9.17) is 16.3 Å². The van der Waals surface area contributed by atoms with E-state index in [0.29, 0.717) is 10.9 Å². The van der Waals surface area contributed by atoms with E-state index >= 15 is 0 Å². The van der Waals surface area contributed by atoms with Crippen molar-refractivity contribution < 1.29 is 4.74 Å². The van der Waals surface area contributed by atoms with Gasteiger partial charge < -0.3 is 9.46 Å². The Morgan fingerprint density at radius 1 is 1.04 bits per heavy atom. The zero-order valence-electron chi connectivity index (χ0n) is 14.2. The summed E-state index contributed by atoms with van der Waals surface area (Å²) in [5.41, 5.74) is 5.01. The van der Waals surface area contributed by atoms with Gasteiger partial charge in [-0.15, -0.1) is 0 Å². The number of aryl methyl sites for hydroxylation is 2. The molecule has 1 aromatic carbocycles. The number of ether oxygens (including phenoxy) is 1. The summed E-state index contributed by atoms with van der Waals surface area (Å²) >= 11 is 7.70. The third-order valence-corrected chi connectivity index (χ3v) is 4.78. The quantitative estimate of drug-likeness (QED) is 0.596. The molecule has 3 aromatic rings. The maximum atomic E-state index is 6.28. The smallest absolute Gasteiger partial charge is 0.228 e. The summed E-state index contributed by atoms with van der Waals surface area (Å²) in [7, 11) is 1.61. The van der Waals surface area contributed by atoms with Crippen LogP contribution >= 0.6 is 23.5 Å². The van der Waals surface area contributed by atoms with Gasteiger partial charge in [-0.3, -0.25) is 4.98 Å². The molecule has 0 aliphatic heterocycles. The SMILES string of the molecule is COc1ncc(-c2ccnc(C)c2)cc1SNc1ccc(C)cc1Cl. The van der Waals surface area contributed by atoms with Gasteiger partial charge in [-0.2, -0.15) is 0 Å². The van der Waals surface area contributed by atoms with Crippen LogP contribution in [0.25, 0.3) is 11.1 Å². The van der Waals surface area contributed by atoms with Gasteiger partial charge in [0.15, 0.2) is 0 Å². The van der Waals surface area contributed by atoms with Crippen molar-refractivity contribution in [2.24, 2.45) is 0 Å². The fraction of sp³-hybridized carbons (Fsp3) is 0.158. The van der Waals surface area contributed by atoms with E-state index in [-0.39, 0.29) is 0 Å². The predicted octanol–water partition coefficient (Wildman–Crippen LogP) is 5.54. The average Bonchev–Trinajstić information content (AvgIpc) is 2.61. The highest BCUT2D eigenvalue weighted by molar-refractivity contribution is 8.00. The van der Waals surface area contributed by atoms with Gasteiger partial charge in [-0.25, -0.2) is 4.98 Å². The largest absolute Gasteiger partial charge is 0.480 e. The summed E-state index contributed by atoms with van der Waals surface area (Å²) in [4.78, 5) is 9.53. The van der Waals surface area contributed by atoms with Crippen molar-refractivity contribution in [1.29, 1.82) is 0 Å². The Bertz CT molecular complexity index is 902.